The molecule has 2 rings (SSSR count). The van der Waals surface area contributed by atoms with Crippen LogP contribution in [0.2, 0.25) is 0 Å². The summed E-state index contributed by atoms with van der Waals surface area (Å²) in [4.78, 5) is 8.95. The maximum atomic E-state index is 5.69. The lowest BCUT2D eigenvalue weighted by atomic mass is 10.0. The van der Waals surface area contributed by atoms with E-state index in [1.807, 2.05) is 19.3 Å². The van der Waals surface area contributed by atoms with Gasteiger partial charge < -0.3 is 10.1 Å². The van der Waals surface area contributed by atoms with Crippen molar-refractivity contribution in [1.82, 2.24) is 15.3 Å². The van der Waals surface area contributed by atoms with Crippen LogP contribution in [0.5, 0.6) is 0 Å². The van der Waals surface area contributed by atoms with Gasteiger partial charge in [0.05, 0.1) is 12.1 Å². The van der Waals surface area contributed by atoms with Gasteiger partial charge in [-0.25, -0.2) is 9.97 Å². The second-order valence-electron chi connectivity index (χ2n) is 5.69. The highest BCUT2D eigenvalue weighted by Crippen LogP contribution is 2.21. The Morgan fingerprint density at radius 2 is 2.20 bits per heavy atom. The summed E-state index contributed by atoms with van der Waals surface area (Å²) >= 11 is 0. The Hall–Kier alpha value is -1.00. The average Bonchev–Trinajstić information content (AvgIpc) is 2.97. The van der Waals surface area contributed by atoms with E-state index in [1.165, 1.54) is 19.3 Å². The van der Waals surface area contributed by atoms with Crippen molar-refractivity contribution in [3.63, 3.8) is 0 Å². The lowest BCUT2D eigenvalue weighted by Crippen LogP contribution is -2.24. The van der Waals surface area contributed by atoms with E-state index in [4.69, 9.17) is 4.74 Å². The lowest BCUT2D eigenvalue weighted by molar-refractivity contribution is 0.101. The number of aromatic nitrogens is 2. The van der Waals surface area contributed by atoms with Gasteiger partial charge in [0.1, 0.15) is 5.82 Å². The van der Waals surface area contributed by atoms with E-state index in [0.717, 1.165) is 43.8 Å². The summed E-state index contributed by atoms with van der Waals surface area (Å²) in [6.07, 6.45) is 11.3. The first kappa shape index (κ1) is 15.4. The fourth-order valence-corrected chi connectivity index (χ4v) is 2.65. The maximum absolute atomic E-state index is 5.69. The molecule has 1 fully saturated rings. The molecule has 0 radical (unpaired) electrons. The molecule has 2 atom stereocenters. The van der Waals surface area contributed by atoms with E-state index in [0.29, 0.717) is 6.10 Å². The summed E-state index contributed by atoms with van der Waals surface area (Å²) in [5.74, 6) is 0.927. The second kappa shape index (κ2) is 8.32. The zero-order chi connectivity index (χ0) is 14.2. The Morgan fingerprint density at radius 3 is 2.85 bits per heavy atom. The van der Waals surface area contributed by atoms with Crippen molar-refractivity contribution in [3.8, 4) is 0 Å². The van der Waals surface area contributed by atoms with Crippen LogP contribution in [0.1, 0.15) is 62.9 Å². The largest absolute Gasteiger partial charge is 0.378 e. The van der Waals surface area contributed by atoms with Gasteiger partial charge in [0.2, 0.25) is 0 Å². The summed E-state index contributed by atoms with van der Waals surface area (Å²) in [6, 6.07) is 0.275. The van der Waals surface area contributed by atoms with Crippen molar-refractivity contribution in [2.24, 2.45) is 0 Å². The highest BCUT2D eigenvalue weighted by molar-refractivity contribution is 5.04. The molecule has 0 spiro atoms. The van der Waals surface area contributed by atoms with Crippen LogP contribution in [-0.2, 0) is 4.74 Å². The van der Waals surface area contributed by atoms with Crippen LogP contribution in [0.4, 0.5) is 0 Å². The molecule has 1 N–H and O–H groups in total. The standard InChI is InChI=1S/C16H27N3O/c1-3-9-17-15(16-18-11-13(2)12-19-16)8-4-6-14-7-5-10-20-14/h11-12,14-15,17H,3-10H2,1-2H3. The second-order valence-corrected chi connectivity index (χ2v) is 5.69. The number of nitrogens with zero attached hydrogens (tertiary/aromatic N) is 2. The van der Waals surface area contributed by atoms with Crippen molar-refractivity contribution in [3.05, 3.63) is 23.8 Å². The molecule has 2 heterocycles. The van der Waals surface area contributed by atoms with Gasteiger partial charge in [-0.15, -0.1) is 0 Å². The molecular formula is C16H27N3O. The molecule has 112 valence electrons. The van der Waals surface area contributed by atoms with Crippen molar-refractivity contribution >= 4 is 0 Å². The Bertz CT molecular complexity index is 374. The number of hydrogen-bond donors (Lipinski definition) is 1. The van der Waals surface area contributed by atoms with Gasteiger partial charge in [-0.1, -0.05) is 6.92 Å². The molecule has 0 bridgehead atoms. The summed E-state index contributed by atoms with van der Waals surface area (Å²) in [5.41, 5.74) is 1.11. The summed E-state index contributed by atoms with van der Waals surface area (Å²) in [7, 11) is 0. The molecule has 0 saturated carbocycles. The molecule has 4 nitrogen and oxygen atoms in total. The average molecular weight is 277 g/mol. The minimum atomic E-state index is 0.275. The van der Waals surface area contributed by atoms with E-state index < -0.39 is 0 Å². The maximum Gasteiger partial charge on any atom is 0.145 e. The third kappa shape index (κ3) is 4.84. The van der Waals surface area contributed by atoms with Gasteiger partial charge >= 0.3 is 0 Å². The van der Waals surface area contributed by atoms with Gasteiger partial charge in [-0.2, -0.15) is 0 Å². The Labute approximate surface area is 122 Å². The van der Waals surface area contributed by atoms with Crippen molar-refractivity contribution in [2.75, 3.05) is 13.2 Å². The molecule has 0 aliphatic carbocycles. The van der Waals surface area contributed by atoms with Crippen LogP contribution in [0.15, 0.2) is 12.4 Å². The SMILES string of the molecule is CCCNC(CCCC1CCCO1)c1ncc(C)cn1. The third-order valence-electron chi connectivity index (χ3n) is 3.80. The minimum absolute atomic E-state index is 0.275. The monoisotopic (exact) mass is 277 g/mol. The fourth-order valence-electron chi connectivity index (χ4n) is 2.65. The van der Waals surface area contributed by atoms with E-state index >= 15 is 0 Å². The summed E-state index contributed by atoms with van der Waals surface area (Å²) < 4.78 is 5.69. The molecule has 0 amide bonds. The van der Waals surface area contributed by atoms with Crippen LogP contribution in [0.25, 0.3) is 0 Å². The molecule has 4 heteroatoms. The van der Waals surface area contributed by atoms with Crippen LogP contribution in [-0.4, -0.2) is 29.2 Å². The van der Waals surface area contributed by atoms with E-state index in [-0.39, 0.29) is 6.04 Å². The first-order valence-corrected chi connectivity index (χ1v) is 7.93. The molecular weight excluding hydrogens is 250 g/mol. The molecule has 20 heavy (non-hydrogen) atoms. The highest BCUT2D eigenvalue weighted by Gasteiger charge is 2.18. The Kier molecular flexibility index (Phi) is 6.40. The van der Waals surface area contributed by atoms with E-state index in [1.54, 1.807) is 0 Å². The highest BCUT2D eigenvalue weighted by atomic mass is 16.5. The molecule has 1 saturated heterocycles. The predicted octanol–water partition coefficient (Wildman–Crippen LogP) is 3.18. The van der Waals surface area contributed by atoms with Crippen LogP contribution in [0, 0.1) is 6.92 Å². The predicted molar refractivity (Wildman–Crippen MR) is 80.6 cm³/mol. The quantitative estimate of drug-likeness (QED) is 0.793. The van der Waals surface area contributed by atoms with Crippen LogP contribution in [0.3, 0.4) is 0 Å². The minimum Gasteiger partial charge on any atom is -0.378 e. The summed E-state index contributed by atoms with van der Waals surface area (Å²) in [6.45, 7) is 6.17. The van der Waals surface area contributed by atoms with Crippen molar-refractivity contribution in [2.45, 2.75) is 64.5 Å². The molecule has 1 aromatic rings. The molecule has 1 aliphatic rings. The van der Waals surface area contributed by atoms with Crippen molar-refractivity contribution < 1.29 is 4.74 Å². The zero-order valence-corrected chi connectivity index (χ0v) is 12.8. The number of aryl methyl sites for hydroxylation is 1. The van der Waals surface area contributed by atoms with Gasteiger partial charge in [0.25, 0.3) is 0 Å². The zero-order valence-electron chi connectivity index (χ0n) is 12.8. The Morgan fingerprint density at radius 1 is 1.40 bits per heavy atom. The lowest BCUT2D eigenvalue weighted by Gasteiger charge is -2.18. The van der Waals surface area contributed by atoms with Crippen LogP contribution < -0.4 is 5.32 Å². The van der Waals surface area contributed by atoms with Gasteiger partial charge in [0.15, 0.2) is 0 Å². The van der Waals surface area contributed by atoms with Crippen molar-refractivity contribution in [1.29, 1.82) is 0 Å². The number of rotatable bonds is 8. The Balaban J connectivity index is 1.84. The normalized spacial score (nSPS) is 20.2. The number of hydrogen-bond acceptors (Lipinski definition) is 4. The topological polar surface area (TPSA) is 47.0 Å². The number of ether oxygens (including phenoxy) is 1. The first-order chi connectivity index (χ1) is 9.79. The molecule has 2 unspecified atom stereocenters. The summed E-state index contributed by atoms with van der Waals surface area (Å²) in [5, 5.41) is 3.56. The fraction of sp³-hybridized carbons (Fsp3) is 0.750. The van der Waals surface area contributed by atoms with E-state index in [9.17, 15) is 0 Å². The van der Waals surface area contributed by atoms with Gasteiger partial charge in [-0.05, 0) is 57.6 Å². The molecule has 1 aliphatic heterocycles. The smallest absolute Gasteiger partial charge is 0.145 e. The van der Waals surface area contributed by atoms with E-state index in [2.05, 4.69) is 22.2 Å². The molecule has 0 aromatic carbocycles. The third-order valence-corrected chi connectivity index (χ3v) is 3.80. The molecule has 1 aromatic heterocycles. The number of nitrogens with one attached hydrogen (secondary N) is 1. The van der Waals surface area contributed by atoms with Gasteiger partial charge in [0, 0.05) is 19.0 Å². The first-order valence-electron chi connectivity index (χ1n) is 7.93. The van der Waals surface area contributed by atoms with Crippen LogP contribution >= 0.6 is 0 Å². The van der Waals surface area contributed by atoms with Gasteiger partial charge in [-0.3, -0.25) is 0 Å².